The molecule has 0 bridgehead atoms. The molecule has 0 aromatic rings. The first-order valence-electron chi connectivity index (χ1n) is 13.3. The Morgan fingerprint density at radius 3 is 2.38 bits per heavy atom. The molecule has 14 heteroatoms. The third-order valence-corrected chi connectivity index (χ3v) is 9.13. The summed E-state index contributed by atoms with van der Waals surface area (Å²) in [5, 5.41) is 5.77. The molecule has 4 rings (SSSR count). The van der Waals surface area contributed by atoms with Gasteiger partial charge in [-0.25, -0.2) is 18.2 Å². The first-order valence-corrected chi connectivity index (χ1v) is 13.7. The van der Waals surface area contributed by atoms with Crippen LogP contribution in [0.25, 0.3) is 0 Å². The Hall–Kier alpha value is -2.57. The number of rotatable bonds is 9. The molecule has 10 nitrogen and oxygen atoms in total. The van der Waals surface area contributed by atoms with Gasteiger partial charge in [0.05, 0.1) is 12.5 Å². The summed E-state index contributed by atoms with van der Waals surface area (Å²) in [6, 6.07) is -2.20. The third-order valence-electron chi connectivity index (χ3n) is 8.94. The largest absolute Gasteiger partial charge is 0.356 e. The second-order valence-corrected chi connectivity index (χ2v) is 12.2. The van der Waals surface area contributed by atoms with Gasteiger partial charge in [0, 0.05) is 19.5 Å². The number of alkyl halides is 4. The summed E-state index contributed by atoms with van der Waals surface area (Å²) in [5.74, 6) is -9.86. The minimum absolute atomic E-state index is 0.0510. The zero-order chi connectivity index (χ0) is 29.0. The van der Waals surface area contributed by atoms with E-state index in [-0.39, 0.29) is 36.2 Å². The minimum Gasteiger partial charge on any atom is -0.356 e. The summed E-state index contributed by atoms with van der Waals surface area (Å²) >= 11 is 5.37. The fourth-order valence-corrected chi connectivity index (χ4v) is 6.09. The van der Waals surface area contributed by atoms with Gasteiger partial charge in [-0.2, -0.15) is 0 Å². The van der Waals surface area contributed by atoms with Crippen LogP contribution in [0, 0.1) is 35.0 Å². The van der Waals surface area contributed by atoms with Crippen LogP contribution < -0.4 is 16.1 Å². The topological polar surface area (TPSA) is 128 Å². The van der Waals surface area contributed by atoms with Crippen molar-refractivity contribution in [1.82, 2.24) is 26.0 Å². The van der Waals surface area contributed by atoms with Gasteiger partial charge in [0.25, 0.3) is 23.4 Å². The number of hydrazine groups is 1. The van der Waals surface area contributed by atoms with Crippen molar-refractivity contribution in [2.24, 2.45) is 35.0 Å². The van der Waals surface area contributed by atoms with Gasteiger partial charge in [0.1, 0.15) is 18.0 Å². The second-order valence-electron chi connectivity index (χ2n) is 11.8. The van der Waals surface area contributed by atoms with Crippen molar-refractivity contribution in [3.8, 4) is 0 Å². The van der Waals surface area contributed by atoms with Crippen molar-refractivity contribution in [1.29, 1.82) is 0 Å². The molecule has 2 saturated carbocycles. The summed E-state index contributed by atoms with van der Waals surface area (Å²) in [7, 11) is 0. The van der Waals surface area contributed by atoms with Gasteiger partial charge in [0.2, 0.25) is 17.7 Å². The number of amides is 5. The molecule has 2 saturated heterocycles. The highest BCUT2D eigenvalue weighted by atomic mass is 35.5. The quantitative estimate of drug-likeness (QED) is 0.280. The Kier molecular flexibility index (Phi) is 7.87. The Morgan fingerprint density at radius 1 is 1.23 bits per heavy atom. The number of hydrogen-bond acceptors (Lipinski definition) is 5. The molecule has 4 aliphatic rings. The van der Waals surface area contributed by atoms with E-state index in [1.54, 1.807) is 13.8 Å². The van der Waals surface area contributed by atoms with Gasteiger partial charge in [0.15, 0.2) is 0 Å². The molecule has 2 aliphatic carbocycles. The highest BCUT2D eigenvalue weighted by molar-refractivity contribution is 6.29. The second kappa shape index (κ2) is 10.4. The number of piperidine rings is 1. The van der Waals surface area contributed by atoms with Crippen LogP contribution in [0.5, 0.6) is 0 Å². The summed E-state index contributed by atoms with van der Waals surface area (Å²) in [6.45, 7) is 7.64. The van der Waals surface area contributed by atoms with Gasteiger partial charge in [-0.1, -0.05) is 45.7 Å². The Balaban J connectivity index is 1.54. The van der Waals surface area contributed by atoms with Crippen LogP contribution >= 0.6 is 11.6 Å². The smallest absolute Gasteiger partial charge is 0.291 e. The lowest BCUT2D eigenvalue weighted by Gasteiger charge is -2.36. The molecule has 4 fully saturated rings. The van der Waals surface area contributed by atoms with Crippen molar-refractivity contribution in [2.45, 2.75) is 70.6 Å². The van der Waals surface area contributed by atoms with Crippen molar-refractivity contribution >= 4 is 41.1 Å². The lowest BCUT2D eigenvalue weighted by molar-refractivity contribution is -0.150. The zero-order valence-corrected chi connectivity index (χ0v) is 23.1. The van der Waals surface area contributed by atoms with Gasteiger partial charge in [-0.3, -0.25) is 29.4 Å². The van der Waals surface area contributed by atoms with E-state index in [9.17, 15) is 37.1 Å². The monoisotopic (exact) mass is 577 g/mol. The highest BCUT2D eigenvalue weighted by Crippen LogP contribution is 2.65. The minimum atomic E-state index is -3.10. The van der Waals surface area contributed by atoms with Gasteiger partial charge in [-0.15, -0.1) is 0 Å². The molecule has 0 aromatic heterocycles. The molecule has 0 unspecified atom stereocenters. The molecular formula is C25H35ClF3N5O5. The maximum absolute atomic E-state index is 13.8. The molecule has 0 spiro atoms. The molecule has 5 amide bonds. The van der Waals surface area contributed by atoms with Crippen LogP contribution in [0.1, 0.15) is 47.0 Å². The van der Waals surface area contributed by atoms with Crippen molar-refractivity contribution in [2.75, 3.05) is 19.6 Å². The number of nitrogens with zero attached hydrogens (tertiary/aromatic N) is 2. The molecule has 2 aliphatic heterocycles. The maximum Gasteiger partial charge on any atom is 0.291 e. The van der Waals surface area contributed by atoms with E-state index in [1.165, 1.54) is 4.90 Å². The number of hydrogen-bond donors (Lipinski definition) is 3. The van der Waals surface area contributed by atoms with Crippen molar-refractivity contribution in [3.05, 3.63) is 0 Å². The lowest BCUT2D eigenvalue weighted by Crippen LogP contribution is -2.60. The first-order chi connectivity index (χ1) is 18.1. The van der Waals surface area contributed by atoms with Crippen LogP contribution in [0.3, 0.4) is 0 Å². The summed E-state index contributed by atoms with van der Waals surface area (Å²) in [4.78, 5) is 65.7. The van der Waals surface area contributed by atoms with Crippen LogP contribution in [-0.4, -0.2) is 82.7 Å². The summed E-state index contributed by atoms with van der Waals surface area (Å²) in [6.07, 6.45) is 0.256. The van der Waals surface area contributed by atoms with E-state index >= 15 is 0 Å². The zero-order valence-electron chi connectivity index (χ0n) is 22.3. The van der Waals surface area contributed by atoms with E-state index in [0.717, 1.165) is 0 Å². The van der Waals surface area contributed by atoms with Gasteiger partial charge < -0.3 is 15.5 Å². The van der Waals surface area contributed by atoms with E-state index in [1.807, 2.05) is 13.8 Å². The van der Waals surface area contributed by atoms with Crippen LogP contribution in [0.2, 0.25) is 0 Å². The molecule has 218 valence electrons. The number of carbonyl (C=O) groups is 5. The molecule has 39 heavy (non-hydrogen) atoms. The van der Waals surface area contributed by atoms with Crippen LogP contribution in [0.15, 0.2) is 0 Å². The summed E-state index contributed by atoms with van der Waals surface area (Å²) in [5.41, 5.74) is -0.383. The lowest BCUT2D eigenvalue weighted by atomic mass is 9.95. The predicted molar refractivity (Wildman–Crippen MR) is 132 cm³/mol. The Labute approximate surface area is 229 Å². The highest BCUT2D eigenvalue weighted by Gasteiger charge is 2.70. The van der Waals surface area contributed by atoms with Crippen molar-refractivity contribution < 1.29 is 37.1 Å². The van der Waals surface area contributed by atoms with E-state index in [2.05, 4.69) is 16.1 Å². The number of halogens is 4. The fourth-order valence-electron chi connectivity index (χ4n) is 5.97. The number of fused-ring (bicyclic) bond motifs is 1. The van der Waals surface area contributed by atoms with Gasteiger partial charge in [-0.05, 0) is 29.6 Å². The molecular weight excluding hydrogens is 543 g/mol. The number of likely N-dealkylation sites (tertiary alicyclic amines) is 1. The third kappa shape index (κ3) is 5.55. The molecule has 2 heterocycles. The molecule has 0 aromatic carbocycles. The first kappa shape index (κ1) is 29.4. The Bertz CT molecular complexity index is 1060. The molecule has 0 radical (unpaired) electrons. The standard InChI is InChI=1S/C25H35ClF3N5O5/c1-5-11(2)16(31-20(36)13-8-25(13,28)29)22(38)33-10-14-15(24(14,3)4)17(33)21(37)32-34(23(39)18(26)27)9-12-6-7-30-19(12)35/h11-18H,5-10H2,1-4H3,(H,30,35)(H,31,36)(H,32,37)/t11-,12+,13-,14+,15+,16+,17+,18+/m1/s1. The summed E-state index contributed by atoms with van der Waals surface area (Å²) < 4.78 is 40.8. The molecule has 8 atom stereocenters. The van der Waals surface area contributed by atoms with E-state index in [0.29, 0.717) is 24.4 Å². The number of nitrogens with one attached hydrogen (secondary N) is 3. The normalized spacial score (nSPS) is 31.8. The van der Waals surface area contributed by atoms with E-state index in [4.69, 9.17) is 11.6 Å². The maximum atomic E-state index is 13.8. The predicted octanol–water partition coefficient (Wildman–Crippen LogP) is 1.19. The average Bonchev–Trinajstić information content (AvgIpc) is 3.42. The number of carbonyl (C=O) groups excluding carboxylic acids is 5. The van der Waals surface area contributed by atoms with Crippen molar-refractivity contribution in [3.63, 3.8) is 0 Å². The molecule has 3 N–H and O–H groups in total. The van der Waals surface area contributed by atoms with E-state index < -0.39 is 71.4 Å². The van der Waals surface area contributed by atoms with Crippen LogP contribution in [0.4, 0.5) is 13.2 Å². The van der Waals surface area contributed by atoms with Crippen LogP contribution in [-0.2, 0) is 24.0 Å². The SMILES string of the molecule is CC[C@@H](C)[C@H](NC(=O)[C@H]1CC1(F)F)C(=O)N1C[C@H]2[C@@H]([C@H]1C(=O)NN(C[C@@H]1CCNC1=O)C(=O)[C@H](F)Cl)C2(C)C. The Morgan fingerprint density at radius 2 is 1.87 bits per heavy atom. The average molecular weight is 578 g/mol. The fraction of sp³-hybridized carbons (Fsp3) is 0.800. The van der Waals surface area contributed by atoms with Gasteiger partial charge >= 0.3 is 0 Å².